The van der Waals surface area contributed by atoms with Crippen LogP contribution in [0, 0.1) is 6.92 Å². The normalized spacial score (nSPS) is 10.4. The highest BCUT2D eigenvalue weighted by atomic mass is 79.9. The summed E-state index contributed by atoms with van der Waals surface area (Å²) < 4.78 is 5.66. The van der Waals surface area contributed by atoms with Gasteiger partial charge in [0.1, 0.15) is 0 Å². The minimum absolute atomic E-state index is 0.365. The Bertz CT molecular complexity index is 566. The van der Waals surface area contributed by atoms with Gasteiger partial charge >= 0.3 is 5.97 Å². The topological polar surface area (TPSA) is 39.2 Å². The van der Waals surface area contributed by atoms with Crippen molar-refractivity contribution < 1.29 is 9.53 Å². The van der Waals surface area contributed by atoms with Crippen molar-refractivity contribution in [1.82, 2.24) is 4.98 Å². The maximum Gasteiger partial charge on any atom is 0.340 e. The second-order valence-corrected chi connectivity index (χ2v) is 4.29. The lowest BCUT2D eigenvalue weighted by atomic mass is 10.1. The number of rotatable bonds is 1. The Balaban J connectivity index is 2.81. The van der Waals surface area contributed by atoms with Crippen molar-refractivity contribution in [2.75, 3.05) is 7.11 Å². The van der Waals surface area contributed by atoms with E-state index < -0.39 is 0 Å². The molecule has 82 valence electrons. The summed E-state index contributed by atoms with van der Waals surface area (Å²) in [6, 6.07) is 7.37. The third kappa shape index (κ3) is 1.80. The van der Waals surface area contributed by atoms with Crippen LogP contribution in [0.15, 0.2) is 28.7 Å². The van der Waals surface area contributed by atoms with Crippen molar-refractivity contribution in [2.45, 2.75) is 6.92 Å². The lowest BCUT2D eigenvalue weighted by Gasteiger charge is -2.06. The van der Waals surface area contributed by atoms with Gasteiger partial charge in [-0.15, -0.1) is 0 Å². The number of pyridine rings is 1. The van der Waals surface area contributed by atoms with Crippen LogP contribution in [-0.4, -0.2) is 18.1 Å². The van der Waals surface area contributed by atoms with Gasteiger partial charge < -0.3 is 4.74 Å². The molecule has 0 fully saturated rings. The summed E-state index contributed by atoms with van der Waals surface area (Å²) >= 11 is 3.46. The van der Waals surface area contributed by atoms with Crippen LogP contribution in [0.2, 0.25) is 0 Å². The predicted molar refractivity (Wildman–Crippen MR) is 65.5 cm³/mol. The van der Waals surface area contributed by atoms with Crippen molar-refractivity contribution in [2.24, 2.45) is 0 Å². The van der Waals surface area contributed by atoms with Crippen LogP contribution in [0.3, 0.4) is 0 Å². The first-order valence-corrected chi connectivity index (χ1v) is 5.57. The van der Waals surface area contributed by atoms with Crippen molar-refractivity contribution >= 4 is 32.8 Å². The summed E-state index contributed by atoms with van der Waals surface area (Å²) in [5, 5.41) is 0.911. The molecule has 1 heterocycles. The first-order valence-electron chi connectivity index (χ1n) is 4.77. The molecule has 0 aliphatic carbocycles. The number of fused-ring (bicyclic) bond motifs is 1. The molecule has 0 aliphatic heterocycles. The van der Waals surface area contributed by atoms with E-state index in [1.165, 1.54) is 7.11 Å². The van der Waals surface area contributed by atoms with Gasteiger partial charge in [-0.3, -0.25) is 4.98 Å². The van der Waals surface area contributed by atoms with Crippen LogP contribution in [0.1, 0.15) is 16.1 Å². The molecule has 0 unspecified atom stereocenters. The molecule has 0 aliphatic rings. The Morgan fingerprint density at radius 1 is 1.44 bits per heavy atom. The number of hydrogen-bond acceptors (Lipinski definition) is 3. The number of nitrogens with zero attached hydrogens (tertiary/aromatic N) is 1. The van der Waals surface area contributed by atoms with Crippen molar-refractivity contribution in [3.63, 3.8) is 0 Å². The first-order chi connectivity index (χ1) is 7.63. The number of halogens is 1. The van der Waals surface area contributed by atoms with Crippen LogP contribution in [0.25, 0.3) is 10.9 Å². The molecule has 2 rings (SSSR count). The molecule has 4 heteroatoms. The monoisotopic (exact) mass is 279 g/mol. The molecule has 3 nitrogen and oxygen atoms in total. The molecule has 16 heavy (non-hydrogen) atoms. The highest BCUT2D eigenvalue weighted by Gasteiger charge is 2.12. The molecule has 0 radical (unpaired) electrons. The maximum absolute atomic E-state index is 11.6. The lowest BCUT2D eigenvalue weighted by Crippen LogP contribution is -2.03. The van der Waals surface area contributed by atoms with E-state index in [0.29, 0.717) is 11.1 Å². The summed E-state index contributed by atoms with van der Waals surface area (Å²) in [6.07, 6.45) is 0. The first kappa shape index (κ1) is 11.1. The minimum Gasteiger partial charge on any atom is -0.465 e. The Hall–Kier alpha value is -1.42. The third-order valence-corrected chi connectivity index (χ3v) is 2.98. The molecular weight excluding hydrogens is 270 g/mol. The van der Waals surface area contributed by atoms with Gasteiger partial charge in [-0.05, 0) is 19.1 Å². The number of para-hydroxylation sites is 1. The summed E-state index contributed by atoms with van der Waals surface area (Å²) in [4.78, 5) is 15.9. The third-order valence-electron chi connectivity index (χ3n) is 2.32. The molecule has 1 aromatic heterocycles. The van der Waals surface area contributed by atoms with E-state index in [-0.39, 0.29) is 5.97 Å². The maximum atomic E-state index is 11.6. The molecule has 0 saturated heterocycles. The van der Waals surface area contributed by atoms with E-state index in [2.05, 4.69) is 20.9 Å². The molecule has 0 amide bonds. The van der Waals surface area contributed by atoms with Crippen molar-refractivity contribution in [3.05, 3.63) is 40.0 Å². The zero-order valence-electron chi connectivity index (χ0n) is 8.95. The number of aromatic nitrogens is 1. The number of benzene rings is 1. The van der Waals surface area contributed by atoms with Crippen molar-refractivity contribution in [1.29, 1.82) is 0 Å². The summed E-state index contributed by atoms with van der Waals surface area (Å²) in [5.74, 6) is -0.365. The quantitative estimate of drug-likeness (QED) is 0.753. The van der Waals surface area contributed by atoms with Gasteiger partial charge in [-0.2, -0.15) is 0 Å². The van der Waals surface area contributed by atoms with E-state index in [1.807, 2.05) is 25.1 Å². The zero-order valence-corrected chi connectivity index (χ0v) is 10.5. The number of carbonyl (C=O) groups excluding carboxylic acids is 1. The van der Waals surface area contributed by atoms with Gasteiger partial charge in [0.25, 0.3) is 0 Å². The average Bonchev–Trinajstić information content (AvgIpc) is 2.27. The lowest BCUT2D eigenvalue weighted by molar-refractivity contribution is 0.0603. The van der Waals surface area contributed by atoms with Gasteiger partial charge in [-0.1, -0.05) is 28.1 Å². The second-order valence-electron chi connectivity index (χ2n) is 3.44. The van der Waals surface area contributed by atoms with E-state index in [4.69, 9.17) is 4.74 Å². The fourth-order valence-corrected chi connectivity index (χ4v) is 2.25. The average molecular weight is 280 g/mol. The molecular formula is C12H10BrNO2. The molecule has 0 atom stereocenters. The van der Waals surface area contributed by atoms with Crippen LogP contribution in [0.4, 0.5) is 0 Å². The standard InChI is InChI=1S/C12H10BrNO2/c1-7-6-10(13)8-4-3-5-9(11(8)14-7)12(15)16-2/h3-6H,1-2H3. The van der Waals surface area contributed by atoms with E-state index in [1.54, 1.807) is 6.07 Å². The number of ether oxygens (including phenoxy) is 1. The largest absolute Gasteiger partial charge is 0.465 e. The van der Waals surface area contributed by atoms with Gasteiger partial charge in [0.15, 0.2) is 0 Å². The highest BCUT2D eigenvalue weighted by molar-refractivity contribution is 9.10. The summed E-state index contributed by atoms with van der Waals surface area (Å²) in [7, 11) is 1.37. The smallest absolute Gasteiger partial charge is 0.340 e. The van der Waals surface area contributed by atoms with Gasteiger partial charge in [-0.25, -0.2) is 4.79 Å². The summed E-state index contributed by atoms with van der Waals surface area (Å²) in [5.41, 5.74) is 2.02. The molecule has 0 saturated carbocycles. The Labute approximate surface area is 102 Å². The molecule has 1 aromatic carbocycles. The van der Waals surface area contributed by atoms with Crippen LogP contribution >= 0.6 is 15.9 Å². The second kappa shape index (κ2) is 4.22. The van der Waals surface area contributed by atoms with E-state index in [9.17, 15) is 4.79 Å². The molecule has 2 aromatic rings. The van der Waals surface area contributed by atoms with Crippen LogP contribution in [0.5, 0.6) is 0 Å². The van der Waals surface area contributed by atoms with Gasteiger partial charge in [0.05, 0.1) is 18.2 Å². The zero-order chi connectivity index (χ0) is 11.7. The van der Waals surface area contributed by atoms with Crippen LogP contribution < -0.4 is 0 Å². The molecule has 0 spiro atoms. The van der Waals surface area contributed by atoms with Gasteiger partial charge in [0.2, 0.25) is 0 Å². The van der Waals surface area contributed by atoms with Crippen molar-refractivity contribution in [3.8, 4) is 0 Å². The van der Waals surface area contributed by atoms with Gasteiger partial charge in [0, 0.05) is 15.6 Å². The summed E-state index contributed by atoms with van der Waals surface area (Å²) in [6.45, 7) is 1.89. The Morgan fingerprint density at radius 2 is 2.19 bits per heavy atom. The molecule has 0 bridgehead atoms. The number of carbonyl (C=O) groups is 1. The van der Waals surface area contributed by atoms with E-state index >= 15 is 0 Å². The number of methoxy groups -OCH3 is 1. The SMILES string of the molecule is COC(=O)c1cccc2c(Br)cc(C)nc12. The number of hydrogen-bond donors (Lipinski definition) is 0. The molecule has 0 N–H and O–H groups in total. The minimum atomic E-state index is -0.365. The number of aryl methyl sites for hydroxylation is 1. The fourth-order valence-electron chi connectivity index (χ4n) is 1.60. The van der Waals surface area contributed by atoms with E-state index in [0.717, 1.165) is 15.6 Å². The highest BCUT2D eigenvalue weighted by Crippen LogP contribution is 2.26. The van der Waals surface area contributed by atoms with Crippen LogP contribution in [-0.2, 0) is 4.74 Å². The number of esters is 1. The Morgan fingerprint density at radius 3 is 2.88 bits per heavy atom. The fraction of sp³-hybridized carbons (Fsp3) is 0.167. The predicted octanol–water partition coefficient (Wildman–Crippen LogP) is 3.09. The Kier molecular flexibility index (Phi) is 2.92.